The lowest BCUT2D eigenvalue weighted by molar-refractivity contribution is 0.765. The lowest BCUT2D eigenvalue weighted by Crippen LogP contribution is -1.92. The van der Waals surface area contributed by atoms with Crippen LogP contribution in [0.2, 0.25) is 0 Å². The molecule has 1 rings (SSSR count). The van der Waals surface area contributed by atoms with Crippen molar-refractivity contribution in [2.24, 2.45) is 10.9 Å². The number of allylic oxidation sites excluding steroid dienone is 1. The standard InChI is InChI=1S/C6H9N/c1-6-2-4-7-5-3-6/h2,4-6H,3H2,1H3/t6-/m1/s1. The molecular weight excluding hydrogens is 86.1 g/mol. The lowest BCUT2D eigenvalue weighted by Gasteiger charge is -2.01. The molecule has 1 heteroatoms. The molecule has 0 aromatic heterocycles. The molecule has 0 aromatic rings. The third-order valence-electron chi connectivity index (χ3n) is 1.08. The molecule has 0 saturated carbocycles. The highest BCUT2D eigenvalue weighted by Crippen LogP contribution is 2.04. The van der Waals surface area contributed by atoms with Gasteiger partial charge in [0.2, 0.25) is 0 Å². The van der Waals surface area contributed by atoms with E-state index in [1.54, 1.807) is 0 Å². The predicted octanol–water partition coefficient (Wildman–Crippen LogP) is 1.61. The maximum atomic E-state index is 3.92. The molecule has 0 saturated heterocycles. The van der Waals surface area contributed by atoms with E-state index in [9.17, 15) is 0 Å². The Morgan fingerprint density at radius 1 is 1.71 bits per heavy atom. The van der Waals surface area contributed by atoms with Crippen LogP contribution in [0.4, 0.5) is 0 Å². The van der Waals surface area contributed by atoms with Crippen molar-refractivity contribution in [2.75, 3.05) is 0 Å². The van der Waals surface area contributed by atoms with E-state index in [2.05, 4.69) is 18.0 Å². The fraction of sp³-hybridized carbons (Fsp3) is 0.500. The van der Waals surface area contributed by atoms with Gasteiger partial charge in [-0.15, -0.1) is 0 Å². The Morgan fingerprint density at radius 2 is 2.57 bits per heavy atom. The zero-order valence-corrected chi connectivity index (χ0v) is 4.46. The van der Waals surface area contributed by atoms with Crippen LogP contribution in [0.3, 0.4) is 0 Å². The van der Waals surface area contributed by atoms with Crippen molar-refractivity contribution >= 4 is 6.21 Å². The van der Waals surface area contributed by atoms with Crippen molar-refractivity contribution in [3.63, 3.8) is 0 Å². The van der Waals surface area contributed by atoms with Crippen LogP contribution in [0.5, 0.6) is 0 Å². The molecule has 1 aliphatic rings. The van der Waals surface area contributed by atoms with Crippen LogP contribution < -0.4 is 0 Å². The third-order valence-corrected chi connectivity index (χ3v) is 1.08. The highest BCUT2D eigenvalue weighted by atomic mass is 14.7. The van der Waals surface area contributed by atoms with E-state index >= 15 is 0 Å². The molecule has 1 atom stereocenters. The molecule has 7 heavy (non-hydrogen) atoms. The van der Waals surface area contributed by atoms with Gasteiger partial charge in [-0.1, -0.05) is 13.0 Å². The van der Waals surface area contributed by atoms with Crippen LogP contribution in [0.15, 0.2) is 17.3 Å². The molecule has 0 N–H and O–H groups in total. The van der Waals surface area contributed by atoms with Crippen molar-refractivity contribution in [1.82, 2.24) is 0 Å². The minimum Gasteiger partial charge on any atom is -0.269 e. The van der Waals surface area contributed by atoms with Gasteiger partial charge in [-0.3, -0.25) is 4.99 Å². The maximum absolute atomic E-state index is 3.92. The van der Waals surface area contributed by atoms with Crippen LogP contribution in [-0.4, -0.2) is 6.21 Å². The summed E-state index contributed by atoms with van der Waals surface area (Å²) in [6.07, 6.45) is 7.02. The molecule has 0 spiro atoms. The number of hydrogen-bond donors (Lipinski definition) is 0. The number of nitrogens with zero attached hydrogens (tertiary/aromatic N) is 1. The number of rotatable bonds is 0. The van der Waals surface area contributed by atoms with Crippen molar-refractivity contribution in [1.29, 1.82) is 0 Å². The van der Waals surface area contributed by atoms with E-state index in [4.69, 9.17) is 0 Å². The smallest absolute Gasteiger partial charge is 0.0226 e. The minimum atomic E-state index is 0.706. The first-order chi connectivity index (χ1) is 3.39. The summed E-state index contributed by atoms with van der Waals surface area (Å²) in [7, 11) is 0. The van der Waals surface area contributed by atoms with Crippen LogP contribution >= 0.6 is 0 Å². The molecule has 38 valence electrons. The quantitative estimate of drug-likeness (QED) is 0.433. The summed E-state index contributed by atoms with van der Waals surface area (Å²) in [4.78, 5) is 3.92. The van der Waals surface area contributed by atoms with Gasteiger partial charge in [0.05, 0.1) is 0 Å². The topological polar surface area (TPSA) is 12.4 Å². The van der Waals surface area contributed by atoms with Crippen molar-refractivity contribution in [3.8, 4) is 0 Å². The van der Waals surface area contributed by atoms with Crippen LogP contribution in [0.1, 0.15) is 13.3 Å². The first kappa shape index (κ1) is 4.57. The summed E-state index contributed by atoms with van der Waals surface area (Å²) in [5.41, 5.74) is 0. The van der Waals surface area contributed by atoms with Crippen molar-refractivity contribution in [3.05, 3.63) is 12.3 Å². The Bertz CT molecular complexity index is 103. The van der Waals surface area contributed by atoms with Gasteiger partial charge < -0.3 is 0 Å². The second-order valence-corrected chi connectivity index (χ2v) is 1.89. The summed E-state index contributed by atoms with van der Waals surface area (Å²) in [6, 6.07) is 0. The average Bonchev–Trinajstić information content (AvgIpc) is 1.69. The lowest BCUT2D eigenvalue weighted by atomic mass is 10.1. The van der Waals surface area contributed by atoms with E-state index in [1.807, 2.05) is 12.4 Å². The molecule has 0 amide bonds. The van der Waals surface area contributed by atoms with Crippen LogP contribution in [-0.2, 0) is 0 Å². The van der Waals surface area contributed by atoms with E-state index < -0.39 is 0 Å². The molecule has 0 unspecified atom stereocenters. The Kier molecular flexibility index (Phi) is 1.25. The van der Waals surface area contributed by atoms with Crippen LogP contribution in [0.25, 0.3) is 0 Å². The molecule has 0 bridgehead atoms. The second-order valence-electron chi connectivity index (χ2n) is 1.89. The van der Waals surface area contributed by atoms with Gasteiger partial charge in [0, 0.05) is 12.4 Å². The summed E-state index contributed by atoms with van der Waals surface area (Å²) in [6.45, 7) is 2.18. The van der Waals surface area contributed by atoms with E-state index in [0.717, 1.165) is 6.42 Å². The molecule has 0 radical (unpaired) electrons. The molecular formula is C6H9N. The highest BCUT2D eigenvalue weighted by Gasteiger charge is 1.94. The first-order valence-electron chi connectivity index (χ1n) is 2.58. The molecule has 1 heterocycles. The summed E-state index contributed by atoms with van der Waals surface area (Å²) in [5.74, 6) is 0.706. The fourth-order valence-electron chi connectivity index (χ4n) is 0.563. The average molecular weight is 95.1 g/mol. The monoisotopic (exact) mass is 95.1 g/mol. The maximum Gasteiger partial charge on any atom is 0.0226 e. The van der Waals surface area contributed by atoms with Crippen molar-refractivity contribution in [2.45, 2.75) is 13.3 Å². The van der Waals surface area contributed by atoms with Gasteiger partial charge in [-0.25, -0.2) is 0 Å². The summed E-state index contributed by atoms with van der Waals surface area (Å²) >= 11 is 0. The summed E-state index contributed by atoms with van der Waals surface area (Å²) in [5, 5.41) is 0. The van der Waals surface area contributed by atoms with Gasteiger partial charge in [0.15, 0.2) is 0 Å². The molecule has 0 fully saturated rings. The van der Waals surface area contributed by atoms with Crippen molar-refractivity contribution < 1.29 is 0 Å². The largest absolute Gasteiger partial charge is 0.269 e. The predicted molar refractivity (Wildman–Crippen MR) is 31.4 cm³/mol. The van der Waals surface area contributed by atoms with Gasteiger partial charge in [-0.2, -0.15) is 0 Å². The third kappa shape index (κ3) is 1.15. The Labute approximate surface area is 43.8 Å². The van der Waals surface area contributed by atoms with Gasteiger partial charge in [0.25, 0.3) is 0 Å². The fourth-order valence-corrected chi connectivity index (χ4v) is 0.563. The zero-order chi connectivity index (χ0) is 5.11. The van der Waals surface area contributed by atoms with Gasteiger partial charge in [-0.05, 0) is 12.3 Å². The zero-order valence-electron chi connectivity index (χ0n) is 4.46. The number of aliphatic imine (C=N–C) groups is 1. The van der Waals surface area contributed by atoms with Gasteiger partial charge >= 0.3 is 0 Å². The van der Waals surface area contributed by atoms with Gasteiger partial charge in [0.1, 0.15) is 0 Å². The van der Waals surface area contributed by atoms with E-state index in [1.165, 1.54) is 0 Å². The Morgan fingerprint density at radius 3 is 2.86 bits per heavy atom. The Hall–Kier alpha value is -0.590. The van der Waals surface area contributed by atoms with E-state index in [-0.39, 0.29) is 0 Å². The molecule has 1 aliphatic heterocycles. The SMILES string of the molecule is C[C@@H]1C=CN=CC1. The highest BCUT2D eigenvalue weighted by molar-refractivity contribution is 5.59. The Balaban J connectivity index is 2.49. The second kappa shape index (κ2) is 1.92. The normalized spacial score (nSPS) is 28.4. The number of hydrogen-bond acceptors (Lipinski definition) is 1. The van der Waals surface area contributed by atoms with E-state index in [0.29, 0.717) is 5.92 Å². The molecule has 0 aliphatic carbocycles. The first-order valence-corrected chi connectivity index (χ1v) is 2.58. The van der Waals surface area contributed by atoms with Crippen LogP contribution in [0, 0.1) is 5.92 Å². The molecule has 1 nitrogen and oxygen atoms in total. The molecule has 0 aromatic carbocycles. The minimum absolute atomic E-state index is 0.706. The summed E-state index contributed by atoms with van der Waals surface area (Å²) < 4.78 is 0.